The molecule has 0 aliphatic heterocycles. The van der Waals surface area contributed by atoms with Crippen LogP contribution < -0.4 is 5.32 Å². The number of rotatable bonds is 6. The number of hydrogen-bond acceptors (Lipinski definition) is 3. The van der Waals surface area contributed by atoms with Gasteiger partial charge in [0.15, 0.2) is 0 Å². The monoisotopic (exact) mass is 271 g/mol. The quantitative estimate of drug-likeness (QED) is 0.728. The first-order valence-corrected chi connectivity index (χ1v) is 6.48. The molecule has 0 aliphatic carbocycles. The Hall–Kier alpha value is -1.52. The number of carbonyl (C=O) groups is 2. The molecule has 0 aromatic rings. The topological polar surface area (TPSA) is 75.6 Å². The predicted molar refractivity (Wildman–Crippen MR) is 74.0 cm³/mol. The van der Waals surface area contributed by atoms with Crippen molar-refractivity contribution in [2.45, 2.75) is 59.1 Å². The van der Waals surface area contributed by atoms with E-state index in [9.17, 15) is 9.59 Å². The average molecular weight is 271 g/mol. The van der Waals surface area contributed by atoms with Crippen molar-refractivity contribution >= 4 is 12.1 Å². The molecule has 0 aromatic carbocycles. The first-order valence-electron chi connectivity index (χ1n) is 6.48. The Balaban J connectivity index is 4.46. The van der Waals surface area contributed by atoms with Gasteiger partial charge >= 0.3 is 12.1 Å². The highest BCUT2D eigenvalue weighted by molar-refractivity contribution is 5.69. The highest BCUT2D eigenvalue weighted by atomic mass is 16.6. The summed E-state index contributed by atoms with van der Waals surface area (Å²) in [5, 5.41) is 11.3. The number of hydrogen-bond donors (Lipinski definition) is 2. The van der Waals surface area contributed by atoms with Crippen LogP contribution in [0.2, 0.25) is 0 Å². The number of carbonyl (C=O) groups excluding carboxylic acids is 1. The molecule has 0 saturated carbocycles. The summed E-state index contributed by atoms with van der Waals surface area (Å²) in [5.41, 5.74) is -0.544. The Morgan fingerprint density at radius 1 is 1.32 bits per heavy atom. The van der Waals surface area contributed by atoms with Crippen LogP contribution in [-0.2, 0) is 9.53 Å². The molecule has 0 unspecified atom stereocenters. The summed E-state index contributed by atoms with van der Waals surface area (Å²) in [7, 11) is 0. The second-order valence-electron chi connectivity index (χ2n) is 5.91. The van der Waals surface area contributed by atoms with E-state index in [4.69, 9.17) is 9.84 Å². The smallest absolute Gasteiger partial charge is 0.408 e. The molecule has 0 saturated heterocycles. The summed E-state index contributed by atoms with van der Waals surface area (Å²) < 4.78 is 5.18. The van der Waals surface area contributed by atoms with Gasteiger partial charge in [-0.3, -0.25) is 4.79 Å². The van der Waals surface area contributed by atoms with E-state index in [1.807, 2.05) is 13.8 Å². The molecule has 0 heterocycles. The predicted octanol–water partition coefficient (Wildman–Crippen LogP) is 2.96. The lowest BCUT2D eigenvalue weighted by Gasteiger charge is -2.23. The fourth-order valence-corrected chi connectivity index (χ4v) is 1.49. The lowest BCUT2D eigenvalue weighted by molar-refractivity contribution is -0.136. The van der Waals surface area contributed by atoms with E-state index >= 15 is 0 Å². The van der Waals surface area contributed by atoms with Crippen LogP contribution in [0.15, 0.2) is 12.2 Å². The van der Waals surface area contributed by atoms with E-state index in [0.717, 1.165) is 6.42 Å². The van der Waals surface area contributed by atoms with E-state index in [0.29, 0.717) is 5.92 Å². The van der Waals surface area contributed by atoms with Gasteiger partial charge in [0.1, 0.15) is 5.60 Å². The minimum absolute atomic E-state index is 0.0510. The largest absolute Gasteiger partial charge is 0.481 e. The van der Waals surface area contributed by atoms with Gasteiger partial charge in [0.2, 0.25) is 0 Å². The van der Waals surface area contributed by atoms with Crippen molar-refractivity contribution in [3.63, 3.8) is 0 Å². The Bertz CT molecular complexity index is 329. The maximum absolute atomic E-state index is 11.7. The first-order chi connectivity index (χ1) is 8.60. The lowest BCUT2D eigenvalue weighted by atomic mass is 10.0. The van der Waals surface area contributed by atoms with E-state index in [1.54, 1.807) is 32.9 Å². The van der Waals surface area contributed by atoms with Gasteiger partial charge in [0.25, 0.3) is 0 Å². The van der Waals surface area contributed by atoms with Crippen molar-refractivity contribution in [2.24, 2.45) is 5.92 Å². The molecule has 5 heteroatoms. The molecule has 1 amide bonds. The number of amides is 1. The van der Waals surface area contributed by atoms with Crippen molar-refractivity contribution in [1.82, 2.24) is 5.32 Å². The number of carboxylic acid groups (broad SMARTS) is 1. The third-order valence-electron chi connectivity index (χ3n) is 2.09. The molecular weight excluding hydrogens is 246 g/mol. The van der Waals surface area contributed by atoms with Gasteiger partial charge in [-0.1, -0.05) is 26.0 Å². The molecule has 0 fully saturated rings. The molecule has 0 rings (SSSR count). The van der Waals surface area contributed by atoms with Crippen LogP contribution in [0.25, 0.3) is 0 Å². The van der Waals surface area contributed by atoms with Crippen molar-refractivity contribution in [3.05, 3.63) is 12.2 Å². The molecule has 110 valence electrons. The third kappa shape index (κ3) is 11.3. The zero-order valence-electron chi connectivity index (χ0n) is 12.4. The molecular formula is C14H25NO4. The molecule has 0 aromatic heterocycles. The summed E-state index contributed by atoms with van der Waals surface area (Å²) in [4.78, 5) is 22.1. The summed E-state index contributed by atoms with van der Waals surface area (Å²) in [5.74, 6) is -0.508. The van der Waals surface area contributed by atoms with Gasteiger partial charge in [-0.2, -0.15) is 0 Å². The fourth-order valence-electron chi connectivity index (χ4n) is 1.49. The zero-order valence-corrected chi connectivity index (χ0v) is 12.4. The molecule has 1 atom stereocenters. The Labute approximate surface area is 115 Å². The lowest BCUT2D eigenvalue weighted by Crippen LogP contribution is -2.38. The van der Waals surface area contributed by atoms with Crippen LogP contribution in [-0.4, -0.2) is 28.8 Å². The van der Waals surface area contributed by atoms with Gasteiger partial charge in [-0.05, 0) is 33.1 Å². The van der Waals surface area contributed by atoms with E-state index in [2.05, 4.69) is 5.32 Å². The van der Waals surface area contributed by atoms with Gasteiger partial charge in [-0.25, -0.2) is 4.79 Å². The molecule has 0 radical (unpaired) electrons. The van der Waals surface area contributed by atoms with Gasteiger partial charge in [0, 0.05) is 0 Å². The van der Waals surface area contributed by atoms with Crippen LogP contribution in [0, 0.1) is 5.92 Å². The second kappa shape index (κ2) is 7.81. The van der Waals surface area contributed by atoms with Crippen molar-refractivity contribution in [3.8, 4) is 0 Å². The highest BCUT2D eigenvalue weighted by Gasteiger charge is 2.18. The maximum Gasteiger partial charge on any atom is 0.408 e. The zero-order chi connectivity index (χ0) is 15.1. The van der Waals surface area contributed by atoms with Crippen LogP contribution >= 0.6 is 0 Å². The van der Waals surface area contributed by atoms with Gasteiger partial charge in [-0.15, -0.1) is 0 Å². The summed E-state index contributed by atoms with van der Waals surface area (Å²) >= 11 is 0. The van der Waals surface area contributed by atoms with Crippen LogP contribution in [0.3, 0.4) is 0 Å². The molecule has 2 N–H and O–H groups in total. The van der Waals surface area contributed by atoms with Crippen LogP contribution in [0.4, 0.5) is 4.79 Å². The van der Waals surface area contributed by atoms with Gasteiger partial charge in [0.05, 0.1) is 12.5 Å². The van der Waals surface area contributed by atoms with Crippen molar-refractivity contribution in [2.75, 3.05) is 0 Å². The first kappa shape index (κ1) is 17.5. The van der Waals surface area contributed by atoms with Crippen molar-refractivity contribution < 1.29 is 19.4 Å². The van der Waals surface area contributed by atoms with E-state index in [1.165, 1.54) is 0 Å². The third-order valence-corrected chi connectivity index (χ3v) is 2.09. The number of ether oxygens (including phenoxy) is 1. The summed E-state index contributed by atoms with van der Waals surface area (Å²) in [6.45, 7) is 9.46. The Morgan fingerprint density at radius 3 is 2.32 bits per heavy atom. The molecule has 5 nitrogen and oxygen atoms in total. The van der Waals surface area contributed by atoms with Crippen LogP contribution in [0.5, 0.6) is 0 Å². The standard InChI is InChI=1S/C14H25NO4/c1-10(2)9-11(7-6-8-12(16)17)15-13(18)19-14(3,4)5/h6-7,10-11H,8-9H2,1-5H3,(H,15,18)(H,16,17)/t11-/m1/s1. The number of aliphatic carboxylic acids is 1. The van der Waals surface area contributed by atoms with E-state index < -0.39 is 17.7 Å². The normalized spacial score (nSPS) is 13.6. The van der Waals surface area contributed by atoms with Crippen LogP contribution in [0.1, 0.15) is 47.5 Å². The summed E-state index contributed by atoms with van der Waals surface area (Å²) in [6.07, 6.45) is 3.45. The average Bonchev–Trinajstić information content (AvgIpc) is 2.11. The molecule has 19 heavy (non-hydrogen) atoms. The fraction of sp³-hybridized carbons (Fsp3) is 0.714. The summed E-state index contributed by atoms with van der Waals surface area (Å²) in [6, 6.07) is -0.214. The number of alkyl carbamates (subject to hydrolysis) is 1. The number of nitrogens with one attached hydrogen (secondary N) is 1. The minimum Gasteiger partial charge on any atom is -0.481 e. The molecule has 0 bridgehead atoms. The Kier molecular flexibility index (Phi) is 7.19. The van der Waals surface area contributed by atoms with Crippen molar-refractivity contribution in [1.29, 1.82) is 0 Å². The molecule has 0 spiro atoms. The van der Waals surface area contributed by atoms with Gasteiger partial charge < -0.3 is 15.2 Å². The minimum atomic E-state index is -0.892. The highest BCUT2D eigenvalue weighted by Crippen LogP contribution is 2.10. The Morgan fingerprint density at radius 2 is 1.89 bits per heavy atom. The second-order valence-corrected chi connectivity index (χ2v) is 5.91. The van der Waals surface area contributed by atoms with E-state index in [-0.39, 0.29) is 12.5 Å². The SMILES string of the molecule is CC(C)C[C@@H](C=CCC(=O)O)NC(=O)OC(C)(C)C. The molecule has 0 aliphatic rings. The maximum atomic E-state index is 11.7. The number of carboxylic acids is 1.